The molecule has 1 aliphatic rings. The van der Waals surface area contributed by atoms with E-state index in [4.69, 9.17) is 0 Å². The zero-order chi connectivity index (χ0) is 16.4. The third-order valence-electron chi connectivity index (χ3n) is 3.48. The Morgan fingerprint density at radius 2 is 2.09 bits per heavy atom. The normalized spacial score (nSPS) is 20.1. The van der Waals surface area contributed by atoms with Gasteiger partial charge in [0.2, 0.25) is 20.0 Å². The van der Waals surface area contributed by atoms with Gasteiger partial charge in [0.05, 0.1) is 4.90 Å². The first-order valence-corrected chi connectivity index (χ1v) is 9.61. The Morgan fingerprint density at radius 3 is 2.73 bits per heavy atom. The smallest absolute Gasteiger partial charge is 0.211 e. The third-order valence-corrected chi connectivity index (χ3v) is 6.34. The number of hydrogen-bond acceptors (Lipinski definition) is 4. The van der Waals surface area contributed by atoms with Crippen molar-refractivity contribution in [1.82, 2.24) is 9.03 Å². The molecule has 0 aliphatic carbocycles. The Hall–Kier alpha value is -1.29. The van der Waals surface area contributed by atoms with Crippen molar-refractivity contribution in [1.29, 1.82) is 0 Å². The maximum absolute atomic E-state index is 13.2. The van der Waals surface area contributed by atoms with Crippen LogP contribution < -0.4 is 4.72 Å². The molecule has 1 aromatic rings. The Morgan fingerprint density at radius 1 is 1.36 bits per heavy atom. The van der Waals surface area contributed by atoms with Gasteiger partial charge in [0.25, 0.3) is 0 Å². The van der Waals surface area contributed by atoms with Crippen molar-refractivity contribution >= 4 is 20.0 Å². The van der Waals surface area contributed by atoms with E-state index in [1.807, 2.05) is 0 Å². The second kappa shape index (κ2) is 6.45. The van der Waals surface area contributed by atoms with Crippen LogP contribution in [0.3, 0.4) is 0 Å². The van der Waals surface area contributed by atoms with E-state index in [0.717, 1.165) is 11.5 Å². The van der Waals surface area contributed by atoms with Crippen molar-refractivity contribution in [3.8, 4) is 0 Å². The molecule has 122 valence electrons. The van der Waals surface area contributed by atoms with E-state index in [-0.39, 0.29) is 30.4 Å². The Bertz CT molecular complexity index is 762. The van der Waals surface area contributed by atoms with Gasteiger partial charge >= 0.3 is 0 Å². The summed E-state index contributed by atoms with van der Waals surface area (Å²) in [4.78, 5) is -0.0974. The zero-order valence-corrected chi connectivity index (χ0v) is 13.4. The summed E-state index contributed by atoms with van der Waals surface area (Å²) in [7, 11) is -7.28. The van der Waals surface area contributed by atoms with Crippen molar-refractivity contribution in [2.24, 2.45) is 5.92 Å². The van der Waals surface area contributed by atoms with Crippen LogP contribution in [0, 0.1) is 11.7 Å². The molecular weight excluding hydrogens is 331 g/mol. The molecule has 0 aromatic heterocycles. The molecule has 1 aromatic carbocycles. The minimum Gasteiger partial charge on any atom is -0.211 e. The fraction of sp³-hybridized carbons (Fsp3) is 0.385. The second-order valence-corrected chi connectivity index (χ2v) is 8.69. The molecule has 0 amide bonds. The van der Waals surface area contributed by atoms with Gasteiger partial charge in [0, 0.05) is 25.0 Å². The molecule has 1 aliphatic heterocycles. The number of halogens is 1. The molecule has 1 heterocycles. The van der Waals surface area contributed by atoms with E-state index in [9.17, 15) is 21.2 Å². The highest BCUT2D eigenvalue weighted by atomic mass is 32.2. The lowest BCUT2D eigenvalue weighted by Gasteiger charge is -2.16. The number of sulfonamides is 2. The van der Waals surface area contributed by atoms with E-state index in [0.29, 0.717) is 6.42 Å². The minimum absolute atomic E-state index is 0.0974. The second-order valence-electron chi connectivity index (χ2n) is 5.04. The fourth-order valence-electron chi connectivity index (χ4n) is 2.25. The van der Waals surface area contributed by atoms with Crippen molar-refractivity contribution in [3.63, 3.8) is 0 Å². The van der Waals surface area contributed by atoms with Crippen molar-refractivity contribution < 1.29 is 21.2 Å². The van der Waals surface area contributed by atoms with Crippen LogP contribution in [-0.4, -0.2) is 40.8 Å². The van der Waals surface area contributed by atoms with Gasteiger partial charge in [0.1, 0.15) is 5.82 Å². The SMILES string of the molecule is C=CS(=O)(=O)NC[C@H]1CCN(S(=O)(=O)c2cccc(F)c2)C1. The van der Waals surface area contributed by atoms with Crippen molar-refractivity contribution in [3.05, 3.63) is 42.1 Å². The van der Waals surface area contributed by atoms with Crippen LogP contribution in [0.1, 0.15) is 6.42 Å². The van der Waals surface area contributed by atoms with Crippen LogP contribution in [0.25, 0.3) is 0 Å². The average molecular weight is 348 g/mol. The van der Waals surface area contributed by atoms with E-state index in [2.05, 4.69) is 11.3 Å². The first-order chi connectivity index (χ1) is 10.2. The summed E-state index contributed by atoms with van der Waals surface area (Å²) in [5, 5.41) is 0.809. The van der Waals surface area contributed by atoms with Crippen LogP contribution in [0.15, 0.2) is 41.1 Å². The highest BCUT2D eigenvalue weighted by molar-refractivity contribution is 7.92. The predicted octanol–water partition coefficient (Wildman–Crippen LogP) is 0.899. The number of nitrogens with one attached hydrogen (secondary N) is 1. The summed E-state index contributed by atoms with van der Waals surface area (Å²) < 4.78 is 64.1. The Labute approximate surface area is 129 Å². The van der Waals surface area contributed by atoms with Crippen LogP contribution in [0.4, 0.5) is 4.39 Å². The summed E-state index contributed by atoms with van der Waals surface area (Å²) in [5.41, 5.74) is 0. The summed E-state index contributed by atoms with van der Waals surface area (Å²) in [6.45, 7) is 3.80. The molecule has 9 heteroatoms. The van der Waals surface area contributed by atoms with Gasteiger partial charge in [-0.25, -0.2) is 25.9 Å². The third kappa shape index (κ3) is 3.92. The highest BCUT2D eigenvalue weighted by Crippen LogP contribution is 2.24. The maximum Gasteiger partial charge on any atom is 0.243 e. The van der Waals surface area contributed by atoms with Gasteiger partial charge in [-0.3, -0.25) is 0 Å². The Balaban J connectivity index is 2.05. The van der Waals surface area contributed by atoms with Crippen LogP contribution in [0.2, 0.25) is 0 Å². The average Bonchev–Trinajstić information content (AvgIpc) is 2.95. The van der Waals surface area contributed by atoms with E-state index in [1.54, 1.807) is 0 Å². The molecule has 1 N–H and O–H groups in total. The van der Waals surface area contributed by atoms with Gasteiger partial charge in [0.15, 0.2) is 0 Å². The summed E-state index contributed by atoms with van der Waals surface area (Å²) >= 11 is 0. The highest BCUT2D eigenvalue weighted by Gasteiger charge is 2.32. The molecular formula is C13H17FN2O4S2. The largest absolute Gasteiger partial charge is 0.243 e. The quantitative estimate of drug-likeness (QED) is 0.828. The molecule has 0 bridgehead atoms. The lowest BCUT2D eigenvalue weighted by Crippen LogP contribution is -2.32. The molecule has 2 rings (SSSR count). The monoisotopic (exact) mass is 348 g/mol. The standard InChI is InChI=1S/C13H17FN2O4S2/c1-2-21(17,18)15-9-11-6-7-16(10-11)22(19,20)13-5-3-4-12(14)8-13/h2-5,8,11,15H,1,6-7,9-10H2/t11-/m1/s1. The molecule has 6 nitrogen and oxygen atoms in total. The number of benzene rings is 1. The molecule has 1 saturated heterocycles. The van der Waals surface area contributed by atoms with Gasteiger partial charge in [-0.2, -0.15) is 4.31 Å². The van der Waals surface area contributed by atoms with E-state index >= 15 is 0 Å². The van der Waals surface area contributed by atoms with Crippen LogP contribution in [0.5, 0.6) is 0 Å². The lowest BCUT2D eigenvalue weighted by molar-refractivity contribution is 0.454. The van der Waals surface area contributed by atoms with Gasteiger partial charge in [-0.15, -0.1) is 0 Å². The molecule has 0 spiro atoms. The van der Waals surface area contributed by atoms with Crippen LogP contribution in [-0.2, 0) is 20.0 Å². The van der Waals surface area contributed by atoms with Gasteiger partial charge < -0.3 is 0 Å². The Kier molecular flexibility index (Phi) is 5.00. The number of nitrogens with zero attached hydrogens (tertiary/aromatic N) is 1. The molecule has 1 atom stereocenters. The number of rotatable bonds is 6. The summed E-state index contributed by atoms with van der Waals surface area (Å²) in [6, 6.07) is 4.83. The number of hydrogen-bond donors (Lipinski definition) is 1. The topological polar surface area (TPSA) is 83.6 Å². The summed E-state index contributed by atoms with van der Waals surface area (Å²) in [6.07, 6.45) is 0.536. The summed E-state index contributed by atoms with van der Waals surface area (Å²) in [5.74, 6) is -0.742. The van der Waals surface area contributed by atoms with Gasteiger partial charge in [-0.1, -0.05) is 12.6 Å². The molecule has 0 radical (unpaired) electrons. The maximum atomic E-state index is 13.2. The van der Waals surface area contributed by atoms with Crippen LogP contribution >= 0.6 is 0 Å². The van der Waals surface area contributed by atoms with Crippen molar-refractivity contribution in [2.45, 2.75) is 11.3 Å². The lowest BCUT2D eigenvalue weighted by atomic mass is 10.1. The van der Waals surface area contributed by atoms with E-state index in [1.165, 1.54) is 22.5 Å². The molecule has 22 heavy (non-hydrogen) atoms. The fourth-order valence-corrected chi connectivity index (χ4v) is 4.40. The molecule has 1 fully saturated rings. The predicted molar refractivity (Wildman–Crippen MR) is 80.4 cm³/mol. The first-order valence-electron chi connectivity index (χ1n) is 6.62. The first kappa shape index (κ1) is 17.1. The molecule has 0 unspecified atom stereocenters. The van der Waals surface area contributed by atoms with E-state index < -0.39 is 25.9 Å². The zero-order valence-electron chi connectivity index (χ0n) is 11.8. The molecule has 0 saturated carbocycles. The minimum atomic E-state index is -3.76. The van der Waals surface area contributed by atoms with Gasteiger partial charge in [-0.05, 0) is 30.5 Å². The van der Waals surface area contributed by atoms with Crippen molar-refractivity contribution in [2.75, 3.05) is 19.6 Å².